The highest BCUT2D eigenvalue weighted by Gasteiger charge is 2.05. The molecule has 0 saturated carbocycles. The molecule has 0 radical (unpaired) electrons. The van der Waals surface area contributed by atoms with Gasteiger partial charge in [0.25, 0.3) is 0 Å². The number of pyridine rings is 1. The molecule has 3 aromatic rings. The fraction of sp³-hybridized carbons (Fsp3) is 0.0909. The summed E-state index contributed by atoms with van der Waals surface area (Å²) in [4.78, 5) is 15.3. The number of aromatic amines is 1. The first-order valence-corrected chi connectivity index (χ1v) is 5.65. The first-order valence-electron chi connectivity index (χ1n) is 5.27. The van der Waals surface area contributed by atoms with Crippen molar-refractivity contribution >= 4 is 22.8 Å². The lowest BCUT2D eigenvalue weighted by Crippen LogP contribution is -2.13. The Balaban J connectivity index is 2.05. The Labute approximate surface area is 107 Å². The summed E-state index contributed by atoms with van der Waals surface area (Å²) >= 11 is 5.79. The van der Waals surface area contributed by atoms with E-state index in [-0.39, 0.29) is 5.49 Å². The van der Waals surface area contributed by atoms with Crippen LogP contribution in [0, 0.1) is 5.41 Å². The third-order valence-corrected chi connectivity index (χ3v) is 2.80. The molecule has 0 aliphatic rings. The summed E-state index contributed by atoms with van der Waals surface area (Å²) in [5.74, 6) is 0. The number of rotatable bonds is 2. The van der Waals surface area contributed by atoms with Gasteiger partial charge in [-0.25, -0.2) is 9.97 Å². The predicted molar refractivity (Wildman–Crippen MR) is 66.1 cm³/mol. The topological polar surface area (TPSA) is 83.2 Å². The van der Waals surface area contributed by atoms with Crippen LogP contribution in [0.2, 0.25) is 5.02 Å². The van der Waals surface area contributed by atoms with Gasteiger partial charge in [-0.15, -0.1) is 0 Å². The average molecular weight is 261 g/mol. The summed E-state index contributed by atoms with van der Waals surface area (Å²) in [7, 11) is 0. The zero-order chi connectivity index (χ0) is 12.5. The zero-order valence-corrected chi connectivity index (χ0v) is 10.0. The highest BCUT2D eigenvalue weighted by Crippen LogP contribution is 2.09. The van der Waals surface area contributed by atoms with E-state index in [9.17, 15) is 0 Å². The van der Waals surface area contributed by atoms with E-state index >= 15 is 0 Å². The van der Waals surface area contributed by atoms with E-state index in [1.165, 1.54) is 0 Å². The van der Waals surface area contributed by atoms with Crippen molar-refractivity contribution in [2.24, 2.45) is 0 Å². The molecule has 0 spiro atoms. The number of hydrogen-bond donors (Lipinski definition) is 2. The number of nitrogens with one attached hydrogen (secondary N) is 2. The molecule has 0 atom stereocenters. The van der Waals surface area contributed by atoms with Gasteiger partial charge < -0.3 is 9.55 Å². The molecule has 0 aliphatic carbocycles. The molecular formula is C11H9ClN6. The second-order valence-electron chi connectivity index (χ2n) is 3.79. The number of H-pyrrole nitrogens is 1. The zero-order valence-electron chi connectivity index (χ0n) is 9.26. The molecule has 3 heterocycles. The molecule has 0 amide bonds. The first kappa shape index (κ1) is 10.9. The summed E-state index contributed by atoms with van der Waals surface area (Å²) in [6.45, 7) is 0.534. The molecule has 7 heteroatoms. The Morgan fingerprint density at radius 1 is 1.28 bits per heavy atom. The molecule has 0 bridgehead atoms. The van der Waals surface area contributed by atoms with Crippen molar-refractivity contribution in [1.82, 2.24) is 24.5 Å². The van der Waals surface area contributed by atoms with Crippen molar-refractivity contribution < 1.29 is 0 Å². The van der Waals surface area contributed by atoms with Crippen LogP contribution in [0.4, 0.5) is 0 Å². The monoisotopic (exact) mass is 260 g/mol. The van der Waals surface area contributed by atoms with E-state index in [1.807, 2.05) is 10.6 Å². The van der Waals surface area contributed by atoms with E-state index in [2.05, 4.69) is 19.9 Å². The Morgan fingerprint density at radius 2 is 2.17 bits per heavy atom. The molecule has 0 aliphatic heterocycles. The fourth-order valence-electron chi connectivity index (χ4n) is 1.72. The molecule has 90 valence electrons. The van der Waals surface area contributed by atoms with Crippen LogP contribution in [0.1, 0.15) is 5.69 Å². The Morgan fingerprint density at radius 3 is 2.94 bits per heavy atom. The van der Waals surface area contributed by atoms with Gasteiger partial charge in [-0.05, 0) is 12.1 Å². The van der Waals surface area contributed by atoms with Crippen molar-refractivity contribution in [2.45, 2.75) is 6.54 Å². The van der Waals surface area contributed by atoms with Gasteiger partial charge in [0.2, 0.25) is 0 Å². The van der Waals surface area contributed by atoms with Crippen LogP contribution >= 0.6 is 11.6 Å². The van der Waals surface area contributed by atoms with Gasteiger partial charge in [-0.2, -0.15) is 0 Å². The normalized spacial score (nSPS) is 10.9. The minimum Gasteiger partial charge on any atom is -0.340 e. The van der Waals surface area contributed by atoms with Gasteiger partial charge in [0.05, 0.1) is 29.9 Å². The van der Waals surface area contributed by atoms with E-state index in [1.54, 1.807) is 24.9 Å². The third kappa shape index (κ3) is 1.86. The number of imidazole rings is 1. The van der Waals surface area contributed by atoms with Crippen LogP contribution in [0.3, 0.4) is 0 Å². The van der Waals surface area contributed by atoms with E-state index in [4.69, 9.17) is 17.0 Å². The molecule has 0 unspecified atom stereocenters. The SMILES string of the molecule is N=c1ncn(Cc2ccc(Cl)cn2)c2nc[nH]c12. The third-order valence-electron chi connectivity index (χ3n) is 2.58. The molecule has 0 saturated heterocycles. The van der Waals surface area contributed by atoms with Gasteiger partial charge in [-0.3, -0.25) is 10.4 Å². The predicted octanol–water partition coefficient (Wildman–Crippen LogP) is 1.34. The minimum absolute atomic E-state index is 0.183. The van der Waals surface area contributed by atoms with Crippen LogP contribution < -0.4 is 5.49 Å². The van der Waals surface area contributed by atoms with Gasteiger partial charge in [-0.1, -0.05) is 11.6 Å². The van der Waals surface area contributed by atoms with E-state index in [0.717, 1.165) is 5.69 Å². The molecule has 6 nitrogen and oxygen atoms in total. The van der Waals surface area contributed by atoms with Crippen molar-refractivity contribution in [2.75, 3.05) is 0 Å². The molecule has 2 N–H and O–H groups in total. The van der Waals surface area contributed by atoms with Crippen LogP contribution in [0.15, 0.2) is 31.0 Å². The summed E-state index contributed by atoms with van der Waals surface area (Å²) in [5, 5.41) is 8.26. The number of nitrogens with zero attached hydrogens (tertiary/aromatic N) is 4. The van der Waals surface area contributed by atoms with Gasteiger partial charge in [0.15, 0.2) is 11.1 Å². The van der Waals surface area contributed by atoms with Crippen molar-refractivity contribution in [3.05, 3.63) is 47.2 Å². The average Bonchev–Trinajstić information content (AvgIpc) is 2.86. The van der Waals surface area contributed by atoms with Crippen molar-refractivity contribution in [3.63, 3.8) is 0 Å². The number of aromatic nitrogens is 5. The van der Waals surface area contributed by atoms with Gasteiger partial charge in [0, 0.05) is 6.20 Å². The van der Waals surface area contributed by atoms with Crippen molar-refractivity contribution in [3.8, 4) is 0 Å². The Bertz CT molecular complexity index is 742. The lowest BCUT2D eigenvalue weighted by molar-refractivity contribution is 0.763. The lowest BCUT2D eigenvalue weighted by Gasteiger charge is -2.06. The van der Waals surface area contributed by atoms with Gasteiger partial charge >= 0.3 is 0 Å². The number of fused-ring (bicyclic) bond motifs is 1. The Hall–Kier alpha value is -2.21. The van der Waals surface area contributed by atoms with E-state index in [0.29, 0.717) is 22.7 Å². The molecular weight excluding hydrogens is 252 g/mol. The maximum Gasteiger partial charge on any atom is 0.173 e. The van der Waals surface area contributed by atoms with E-state index < -0.39 is 0 Å². The summed E-state index contributed by atoms with van der Waals surface area (Å²) in [6, 6.07) is 3.64. The highest BCUT2D eigenvalue weighted by atomic mass is 35.5. The Kier molecular flexibility index (Phi) is 2.56. The van der Waals surface area contributed by atoms with Crippen LogP contribution in [-0.4, -0.2) is 24.5 Å². The second kappa shape index (κ2) is 4.23. The first-order chi connectivity index (χ1) is 8.74. The molecule has 3 rings (SSSR count). The quantitative estimate of drug-likeness (QED) is 0.729. The molecule has 0 aromatic carbocycles. The fourth-order valence-corrected chi connectivity index (χ4v) is 1.83. The summed E-state index contributed by atoms with van der Waals surface area (Å²) in [5.41, 5.74) is 2.34. The second-order valence-corrected chi connectivity index (χ2v) is 4.23. The maximum atomic E-state index is 7.66. The maximum absolute atomic E-state index is 7.66. The number of halogens is 1. The molecule has 3 aromatic heterocycles. The summed E-state index contributed by atoms with van der Waals surface area (Å²) in [6.07, 6.45) is 4.74. The highest BCUT2D eigenvalue weighted by molar-refractivity contribution is 6.30. The standard InChI is InChI=1S/C11H9ClN6/c12-7-1-2-8(14-3-7)4-18-6-17-10(13)9-11(18)16-5-15-9/h1-3,5-6,13H,4H2,(H,15,16). The van der Waals surface area contributed by atoms with Crippen LogP contribution in [-0.2, 0) is 6.54 Å². The van der Waals surface area contributed by atoms with Crippen molar-refractivity contribution in [1.29, 1.82) is 5.41 Å². The van der Waals surface area contributed by atoms with Gasteiger partial charge in [0.1, 0.15) is 5.52 Å². The molecule has 0 fully saturated rings. The minimum atomic E-state index is 0.183. The largest absolute Gasteiger partial charge is 0.340 e. The lowest BCUT2D eigenvalue weighted by atomic mass is 10.3. The van der Waals surface area contributed by atoms with Crippen LogP contribution in [0.25, 0.3) is 11.2 Å². The smallest absolute Gasteiger partial charge is 0.173 e. The number of hydrogen-bond acceptors (Lipinski definition) is 4. The van der Waals surface area contributed by atoms with Crippen LogP contribution in [0.5, 0.6) is 0 Å². The molecule has 18 heavy (non-hydrogen) atoms. The summed E-state index contributed by atoms with van der Waals surface area (Å²) < 4.78 is 1.83.